The van der Waals surface area contributed by atoms with Crippen LogP contribution in [0.4, 0.5) is 0 Å². The van der Waals surface area contributed by atoms with E-state index in [9.17, 15) is 5.11 Å². The molecule has 2 aliphatic rings. The highest BCUT2D eigenvalue weighted by Gasteiger charge is 2.38. The average molecular weight is 211 g/mol. The van der Waals surface area contributed by atoms with Crippen LogP contribution in [0, 0.1) is 5.92 Å². The number of hydrogen-bond donors (Lipinski definition) is 3. The molecule has 2 rings (SSSR count). The van der Waals surface area contributed by atoms with Crippen LogP contribution >= 0.6 is 0 Å². The van der Waals surface area contributed by atoms with E-state index in [0.29, 0.717) is 18.5 Å². The summed E-state index contributed by atoms with van der Waals surface area (Å²) < 4.78 is 0. The van der Waals surface area contributed by atoms with Crippen LogP contribution in [0.3, 0.4) is 0 Å². The fourth-order valence-electron chi connectivity index (χ4n) is 2.39. The molecule has 1 heterocycles. The summed E-state index contributed by atoms with van der Waals surface area (Å²) in [4.78, 5) is 4.32. The fourth-order valence-corrected chi connectivity index (χ4v) is 2.39. The molecule has 1 aliphatic heterocycles. The molecular weight excluding hydrogens is 190 g/mol. The van der Waals surface area contributed by atoms with Crippen LogP contribution in [-0.4, -0.2) is 35.8 Å². The molecular formula is C11H21N3O. The number of nitrogens with one attached hydrogen (secondary N) is 2. The number of nitrogens with zero attached hydrogens (tertiary/aromatic N) is 1. The maximum Gasteiger partial charge on any atom is 0.191 e. The van der Waals surface area contributed by atoms with Crippen molar-refractivity contribution in [3.05, 3.63) is 0 Å². The second-order valence-corrected chi connectivity index (χ2v) is 4.99. The standard InChI is InChI=1S/C11H21N3O/c1-8-4-3-5-11(8,15)7-13-10-12-6-9(2)14-10/h8-9,15H,3-7H2,1-2H3,(H2,12,13,14). The van der Waals surface area contributed by atoms with E-state index in [0.717, 1.165) is 31.8 Å². The van der Waals surface area contributed by atoms with Crippen LogP contribution in [0.25, 0.3) is 0 Å². The highest BCUT2D eigenvalue weighted by molar-refractivity contribution is 5.81. The summed E-state index contributed by atoms with van der Waals surface area (Å²) in [5, 5.41) is 16.8. The summed E-state index contributed by atoms with van der Waals surface area (Å²) in [5.41, 5.74) is -0.532. The molecule has 1 saturated carbocycles. The van der Waals surface area contributed by atoms with Gasteiger partial charge in [-0.25, -0.2) is 0 Å². The van der Waals surface area contributed by atoms with E-state index in [4.69, 9.17) is 0 Å². The first-order valence-corrected chi connectivity index (χ1v) is 5.87. The lowest BCUT2D eigenvalue weighted by Gasteiger charge is -2.28. The summed E-state index contributed by atoms with van der Waals surface area (Å²) in [6, 6.07) is 0.420. The monoisotopic (exact) mass is 211 g/mol. The van der Waals surface area contributed by atoms with Crippen molar-refractivity contribution in [2.24, 2.45) is 10.9 Å². The summed E-state index contributed by atoms with van der Waals surface area (Å²) >= 11 is 0. The Balaban J connectivity index is 1.82. The van der Waals surface area contributed by atoms with Crippen LogP contribution in [0.5, 0.6) is 0 Å². The predicted molar refractivity (Wildman–Crippen MR) is 60.9 cm³/mol. The lowest BCUT2D eigenvalue weighted by atomic mass is 9.92. The molecule has 4 heteroatoms. The molecule has 0 spiro atoms. The molecule has 15 heavy (non-hydrogen) atoms. The minimum atomic E-state index is -0.532. The average Bonchev–Trinajstić information content (AvgIpc) is 2.73. The molecule has 0 aromatic carbocycles. The van der Waals surface area contributed by atoms with E-state index in [1.54, 1.807) is 0 Å². The molecule has 4 nitrogen and oxygen atoms in total. The summed E-state index contributed by atoms with van der Waals surface area (Å²) in [5.74, 6) is 1.24. The molecule has 0 radical (unpaired) electrons. The maximum atomic E-state index is 10.3. The van der Waals surface area contributed by atoms with Gasteiger partial charge in [-0.3, -0.25) is 4.99 Å². The minimum absolute atomic E-state index is 0.393. The van der Waals surface area contributed by atoms with Gasteiger partial charge in [-0.05, 0) is 25.7 Å². The lowest BCUT2D eigenvalue weighted by molar-refractivity contribution is 0.0139. The topological polar surface area (TPSA) is 56.7 Å². The lowest BCUT2D eigenvalue weighted by Crippen LogP contribution is -2.48. The van der Waals surface area contributed by atoms with E-state index < -0.39 is 5.60 Å². The van der Waals surface area contributed by atoms with E-state index >= 15 is 0 Å². The third kappa shape index (κ3) is 2.25. The Bertz CT molecular complexity index is 267. The van der Waals surface area contributed by atoms with Gasteiger partial charge in [0, 0.05) is 12.6 Å². The van der Waals surface area contributed by atoms with Crippen molar-refractivity contribution < 1.29 is 5.11 Å². The van der Waals surface area contributed by atoms with Crippen LogP contribution in [0.2, 0.25) is 0 Å². The van der Waals surface area contributed by atoms with Gasteiger partial charge < -0.3 is 15.7 Å². The molecule has 0 aromatic heterocycles. The quantitative estimate of drug-likeness (QED) is 0.622. The van der Waals surface area contributed by atoms with Gasteiger partial charge in [0.2, 0.25) is 0 Å². The van der Waals surface area contributed by atoms with Gasteiger partial charge in [0.1, 0.15) is 0 Å². The zero-order valence-electron chi connectivity index (χ0n) is 9.58. The van der Waals surface area contributed by atoms with Crippen LogP contribution in [0.15, 0.2) is 4.99 Å². The number of rotatable bonds is 2. The van der Waals surface area contributed by atoms with Crippen molar-refractivity contribution in [3.8, 4) is 0 Å². The van der Waals surface area contributed by atoms with Gasteiger partial charge >= 0.3 is 0 Å². The van der Waals surface area contributed by atoms with Crippen LogP contribution < -0.4 is 10.6 Å². The normalized spacial score (nSPS) is 40.1. The molecule has 1 aliphatic carbocycles. The molecule has 86 valence electrons. The van der Waals surface area contributed by atoms with Gasteiger partial charge in [-0.15, -0.1) is 0 Å². The Morgan fingerprint density at radius 2 is 2.40 bits per heavy atom. The van der Waals surface area contributed by atoms with E-state index in [2.05, 4.69) is 29.5 Å². The number of hydrogen-bond acceptors (Lipinski definition) is 4. The predicted octanol–water partition coefficient (Wildman–Crippen LogP) is 0.475. The zero-order valence-corrected chi connectivity index (χ0v) is 9.58. The largest absolute Gasteiger partial charge is 0.388 e. The number of aliphatic imine (C=N–C) groups is 1. The van der Waals surface area contributed by atoms with Crippen molar-refractivity contribution in [1.82, 2.24) is 10.6 Å². The second-order valence-electron chi connectivity index (χ2n) is 4.99. The van der Waals surface area contributed by atoms with Gasteiger partial charge in [0.15, 0.2) is 5.96 Å². The summed E-state index contributed by atoms with van der Waals surface area (Å²) in [7, 11) is 0. The van der Waals surface area contributed by atoms with Crippen molar-refractivity contribution in [1.29, 1.82) is 0 Å². The molecule has 0 aromatic rings. The Hall–Kier alpha value is -0.770. The molecule has 3 N–H and O–H groups in total. The van der Waals surface area contributed by atoms with E-state index in [-0.39, 0.29) is 0 Å². The second kappa shape index (κ2) is 4.00. The van der Waals surface area contributed by atoms with Crippen molar-refractivity contribution in [3.63, 3.8) is 0 Å². The Morgan fingerprint density at radius 3 is 2.93 bits per heavy atom. The smallest absolute Gasteiger partial charge is 0.191 e. The zero-order chi connectivity index (χ0) is 10.9. The van der Waals surface area contributed by atoms with E-state index in [1.165, 1.54) is 0 Å². The Morgan fingerprint density at radius 1 is 1.60 bits per heavy atom. The summed E-state index contributed by atoms with van der Waals surface area (Å²) in [6.07, 6.45) is 3.17. The molecule has 3 unspecified atom stereocenters. The molecule has 0 amide bonds. The van der Waals surface area contributed by atoms with Gasteiger partial charge in [0.25, 0.3) is 0 Å². The third-order valence-electron chi connectivity index (χ3n) is 3.63. The van der Waals surface area contributed by atoms with Crippen molar-refractivity contribution >= 4 is 5.96 Å². The fraction of sp³-hybridized carbons (Fsp3) is 0.909. The van der Waals surface area contributed by atoms with E-state index in [1.807, 2.05) is 0 Å². The molecule has 1 fully saturated rings. The van der Waals surface area contributed by atoms with Crippen LogP contribution in [-0.2, 0) is 0 Å². The van der Waals surface area contributed by atoms with Crippen molar-refractivity contribution in [2.75, 3.05) is 13.1 Å². The Kier molecular flexibility index (Phi) is 2.87. The van der Waals surface area contributed by atoms with Crippen LogP contribution in [0.1, 0.15) is 33.1 Å². The number of guanidine groups is 1. The highest BCUT2D eigenvalue weighted by atomic mass is 16.3. The maximum absolute atomic E-state index is 10.3. The first-order chi connectivity index (χ1) is 7.10. The Labute approximate surface area is 91.2 Å². The molecule has 0 bridgehead atoms. The number of aliphatic hydroxyl groups is 1. The SMILES string of the molecule is CC1CN=C(NCC2(O)CCCC2C)N1. The highest BCUT2D eigenvalue weighted by Crippen LogP contribution is 2.34. The molecule has 3 atom stereocenters. The van der Waals surface area contributed by atoms with Gasteiger partial charge in [0.05, 0.1) is 12.1 Å². The van der Waals surface area contributed by atoms with Gasteiger partial charge in [-0.2, -0.15) is 0 Å². The first-order valence-electron chi connectivity index (χ1n) is 5.87. The van der Waals surface area contributed by atoms with Crippen molar-refractivity contribution in [2.45, 2.75) is 44.8 Å². The minimum Gasteiger partial charge on any atom is -0.388 e. The summed E-state index contributed by atoms with van der Waals surface area (Å²) in [6.45, 7) is 5.68. The van der Waals surface area contributed by atoms with Gasteiger partial charge in [-0.1, -0.05) is 13.3 Å². The first kappa shape index (κ1) is 10.7. The molecule has 0 saturated heterocycles. The third-order valence-corrected chi connectivity index (χ3v) is 3.63.